The standard InChI is InChI=1S/C24H21Cl2N3O3/c25-21-11-8-19(14-22(21)26)24(31)27-13-12-23(30)29-28-15-17-6-9-20(10-7-17)32-16-18-4-2-1-3-5-18/h1-11,14-15H,12-13,16H2,(H,27,31)(H,29,30). The van der Waals surface area contributed by atoms with Crippen molar-refractivity contribution in [3.05, 3.63) is 99.5 Å². The molecule has 32 heavy (non-hydrogen) atoms. The zero-order chi connectivity index (χ0) is 22.8. The highest BCUT2D eigenvalue weighted by atomic mass is 35.5. The van der Waals surface area contributed by atoms with Crippen LogP contribution in [-0.2, 0) is 11.4 Å². The molecule has 0 fully saturated rings. The highest BCUT2D eigenvalue weighted by molar-refractivity contribution is 6.42. The molecule has 0 aromatic heterocycles. The van der Waals surface area contributed by atoms with Gasteiger partial charge in [0.1, 0.15) is 12.4 Å². The average Bonchev–Trinajstić information content (AvgIpc) is 2.81. The number of nitrogens with one attached hydrogen (secondary N) is 2. The fourth-order valence-corrected chi connectivity index (χ4v) is 2.95. The molecular weight excluding hydrogens is 449 g/mol. The largest absolute Gasteiger partial charge is 0.489 e. The molecule has 0 aliphatic rings. The summed E-state index contributed by atoms with van der Waals surface area (Å²) in [5, 5.41) is 7.24. The minimum atomic E-state index is -0.338. The van der Waals surface area contributed by atoms with Gasteiger partial charge in [0.2, 0.25) is 5.91 Å². The van der Waals surface area contributed by atoms with Crippen molar-refractivity contribution >= 4 is 41.2 Å². The van der Waals surface area contributed by atoms with Crippen molar-refractivity contribution < 1.29 is 14.3 Å². The summed E-state index contributed by atoms with van der Waals surface area (Å²) in [4.78, 5) is 23.9. The normalized spacial score (nSPS) is 10.7. The first-order chi connectivity index (χ1) is 15.5. The molecule has 0 bridgehead atoms. The lowest BCUT2D eigenvalue weighted by molar-refractivity contribution is -0.120. The molecule has 3 rings (SSSR count). The van der Waals surface area contributed by atoms with Gasteiger partial charge in [0, 0.05) is 18.5 Å². The molecule has 2 N–H and O–H groups in total. The van der Waals surface area contributed by atoms with Crippen molar-refractivity contribution in [2.75, 3.05) is 6.54 Å². The van der Waals surface area contributed by atoms with Crippen LogP contribution in [0.2, 0.25) is 10.0 Å². The van der Waals surface area contributed by atoms with E-state index in [1.165, 1.54) is 12.3 Å². The molecule has 0 unspecified atom stereocenters. The maximum atomic E-state index is 12.1. The van der Waals surface area contributed by atoms with Crippen LogP contribution < -0.4 is 15.5 Å². The van der Waals surface area contributed by atoms with Crippen LogP contribution in [0.25, 0.3) is 0 Å². The van der Waals surface area contributed by atoms with E-state index in [1.54, 1.807) is 12.1 Å². The zero-order valence-electron chi connectivity index (χ0n) is 17.1. The van der Waals surface area contributed by atoms with Gasteiger partial charge in [-0.25, -0.2) is 5.43 Å². The molecule has 0 aliphatic heterocycles. The zero-order valence-corrected chi connectivity index (χ0v) is 18.6. The smallest absolute Gasteiger partial charge is 0.251 e. The Kier molecular flexibility index (Phi) is 8.66. The summed E-state index contributed by atoms with van der Waals surface area (Å²) in [7, 11) is 0. The summed E-state index contributed by atoms with van der Waals surface area (Å²) in [6.07, 6.45) is 1.61. The summed E-state index contributed by atoms with van der Waals surface area (Å²) in [6.45, 7) is 0.653. The minimum absolute atomic E-state index is 0.0800. The van der Waals surface area contributed by atoms with Crippen LogP contribution in [0, 0.1) is 0 Å². The van der Waals surface area contributed by atoms with E-state index < -0.39 is 0 Å². The Morgan fingerprint density at radius 1 is 0.938 bits per heavy atom. The predicted molar refractivity (Wildman–Crippen MR) is 126 cm³/mol. The number of rotatable bonds is 9. The summed E-state index contributed by atoms with van der Waals surface area (Å²) >= 11 is 11.7. The second-order valence-electron chi connectivity index (χ2n) is 6.77. The van der Waals surface area contributed by atoms with E-state index >= 15 is 0 Å². The molecule has 8 heteroatoms. The van der Waals surface area contributed by atoms with Gasteiger partial charge in [0.15, 0.2) is 0 Å². The SMILES string of the molecule is O=C(CCNC(=O)c1ccc(Cl)c(Cl)c1)NN=Cc1ccc(OCc2ccccc2)cc1. The van der Waals surface area contributed by atoms with E-state index in [1.807, 2.05) is 54.6 Å². The first-order valence-electron chi connectivity index (χ1n) is 9.83. The van der Waals surface area contributed by atoms with Crippen molar-refractivity contribution in [3.63, 3.8) is 0 Å². The molecule has 2 amide bonds. The molecule has 0 aliphatic carbocycles. The molecular formula is C24H21Cl2N3O3. The third-order valence-corrected chi connectivity index (χ3v) is 5.09. The minimum Gasteiger partial charge on any atom is -0.489 e. The summed E-state index contributed by atoms with van der Waals surface area (Å²) in [5.41, 5.74) is 4.70. The van der Waals surface area contributed by atoms with Crippen LogP contribution >= 0.6 is 23.2 Å². The number of nitrogens with zero attached hydrogens (tertiary/aromatic N) is 1. The number of amides is 2. The number of hydrazone groups is 1. The van der Waals surface area contributed by atoms with Gasteiger partial charge in [-0.1, -0.05) is 53.5 Å². The van der Waals surface area contributed by atoms with Crippen LogP contribution in [0.4, 0.5) is 0 Å². The Morgan fingerprint density at radius 2 is 1.69 bits per heavy atom. The summed E-state index contributed by atoms with van der Waals surface area (Å²) < 4.78 is 5.74. The Hall–Kier alpha value is -3.35. The maximum absolute atomic E-state index is 12.1. The van der Waals surface area contributed by atoms with E-state index in [-0.39, 0.29) is 24.8 Å². The summed E-state index contributed by atoms with van der Waals surface area (Å²) in [5.74, 6) is 0.0840. The van der Waals surface area contributed by atoms with E-state index in [0.29, 0.717) is 22.2 Å². The molecule has 6 nitrogen and oxygen atoms in total. The van der Waals surface area contributed by atoms with Crippen LogP contribution in [0.3, 0.4) is 0 Å². The van der Waals surface area contributed by atoms with E-state index in [9.17, 15) is 9.59 Å². The highest BCUT2D eigenvalue weighted by Crippen LogP contribution is 2.22. The van der Waals surface area contributed by atoms with Crippen molar-refractivity contribution in [3.8, 4) is 5.75 Å². The highest BCUT2D eigenvalue weighted by Gasteiger charge is 2.08. The molecule has 0 spiro atoms. The van der Waals surface area contributed by atoms with Crippen LogP contribution in [-0.4, -0.2) is 24.6 Å². The monoisotopic (exact) mass is 469 g/mol. The quantitative estimate of drug-likeness (QED) is 0.347. The molecule has 3 aromatic rings. The van der Waals surface area contributed by atoms with Crippen molar-refractivity contribution in [2.45, 2.75) is 13.0 Å². The molecule has 0 heterocycles. The number of halogens is 2. The van der Waals surface area contributed by atoms with Crippen LogP contribution in [0.15, 0.2) is 77.9 Å². The molecule has 0 saturated carbocycles. The fourth-order valence-electron chi connectivity index (χ4n) is 2.65. The number of carbonyl (C=O) groups is 2. The number of benzene rings is 3. The topological polar surface area (TPSA) is 79.8 Å². The number of ether oxygens (including phenoxy) is 1. The molecule has 0 saturated heterocycles. The molecule has 0 radical (unpaired) electrons. The third kappa shape index (κ3) is 7.41. The van der Waals surface area contributed by atoms with Crippen LogP contribution in [0.1, 0.15) is 27.9 Å². The van der Waals surface area contributed by atoms with Crippen molar-refractivity contribution in [1.29, 1.82) is 0 Å². The Bertz CT molecular complexity index is 1090. The number of hydrogen-bond acceptors (Lipinski definition) is 4. The molecule has 164 valence electrons. The van der Waals surface area contributed by atoms with Gasteiger partial charge in [0.25, 0.3) is 5.91 Å². The Labute approximate surface area is 196 Å². The van der Waals surface area contributed by atoms with Gasteiger partial charge in [-0.05, 0) is 53.6 Å². The van der Waals surface area contributed by atoms with Gasteiger partial charge in [-0.15, -0.1) is 0 Å². The Morgan fingerprint density at radius 3 is 2.41 bits per heavy atom. The second-order valence-corrected chi connectivity index (χ2v) is 7.59. The number of carbonyl (C=O) groups excluding carboxylic acids is 2. The van der Waals surface area contributed by atoms with E-state index in [4.69, 9.17) is 27.9 Å². The molecule has 3 aromatic carbocycles. The Balaban J connectivity index is 1.37. The molecule has 0 atom stereocenters. The number of hydrogen-bond donors (Lipinski definition) is 2. The maximum Gasteiger partial charge on any atom is 0.251 e. The van der Waals surface area contributed by atoms with Crippen LogP contribution in [0.5, 0.6) is 5.75 Å². The lowest BCUT2D eigenvalue weighted by Gasteiger charge is -2.06. The first kappa shape index (κ1) is 23.3. The third-order valence-electron chi connectivity index (χ3n) is 4.35. The lowest BCUT2D eigenvalue weighted by Crippen LogP contribution is -2.29. The van der Waals surface area contributed by atoms with Gasteiger partial charge >= 0.3 is 0 Å². The first-order valence-corrected chi connectivity index (χ1v) is 10.6. The second kappa shape index (κ2) is 11.9. The predicted octanol–water partition coefficient (Wildman–Crippen LogP) is 4.84. The van der Waals surface area contributed by atoms with Gasteiger partial charge < -0.3 is 10.1 Å². The van der Waals surface area contributed by atoms with Crippen molar-refractivity contribution in [1.82, 2.24) is 10.7 Å². The van der Waals surface area contributed by atoms with Crippen molar-refractivity contribution in [2.24, 2.45) is 5.10 Å². The average molecular weight is 470 g/mol. The van der Waals surface area contributed by atoms with Gasteiger partial charge in [0.05, 0.1) is 16.3 Å². The van der Waals surface area contributed by atoms with E-state index in [0.717, 1.165) is 16.9 Å². The lowest BCUT2D eigenvalue weighted by atomic mass is 10.2. The van der Waals surface area contributed by atoms with Gasteiger partial charge in [-0.3, -0.25) is 9.59 Å². The van der Waals surface area contributed by atoms with E-state index in [2.05, 4.69) is 15.8 Å². The van der Waals surface area contributed by atoms with Gasteiger partial charge in [-0.2, -0.15) is 5.10 Å². The fraction of sp³-hybridized carbons (Fsp3) is 0.125. The summed E-state index contributed by atoms with van der Waals surface area (Å²) in [6, 6.07) is 21.8.